The molecule has 0 radical (unpaired) electrons. The largest absolute Gasteiger partial charge is 0.416 e. The van der Waals surface area contributed by atoms with Crippen LogP contribution < -0.4 is 4.72 Å². The van der Waals surface area contributed by atoms with Crippen LogP contribution >= 0.6 is 0 Å². The zero-order chi connectivity index (χ0) is 13.8. The Morgan fingerprint density at radius 2 is 1.78 bits per heavy atom. The van der Waals surface area contributed by atoms with Crippen LogP contribution in [-0.4, -0.2) is 15.0 Å². The fraction of sp³-hybridized carbons (Fsp3) is 0.273. The van der Waals surface area contributed by atoms with Crippen molar-refractivity contribution in [1.82, 2.24) is 4.72 Å². The molecule has 0 saturated heterocycles. The van der Waals surface area contributed by atoms with Crippen molar-refractivity contribution in [1.29, 1.82) is 0 Å². The van der Waals surface area contributed by atoms with Crippen molar-refractivity contribution in [2.75, 3.05) is 6.54 Å². The molecular weight excluding hydrogens is 267 g/mol. The second kappa shape index (κ2) is 5.42. The Balaban J connectivity index is 2.89. The normalized spacial score (nSPS) is 12.1. The van der Waals surface area contributed by atoms with Crippen LogP contribution in [0.15, 0.2) is 29.2 Å². The molecule has 18 heavy (non-hydrogen) atoms. The Labute approximate surface area is 103 Å². The molecule has 7 heteroatoms. The number of halogens is 3. The Morgan fingerprint density at radius 3 is 2.22 bits per heavy atom. The van der Waals surface area contributed by atoms with E-state index in [9.17, 15) is 21.6 Å². The van der Waals surface area contributed by atoms with Crippen molar-refractivity contribution < 1.29 is 21.6 Å². The number of benzene rings is 1. The maximum Gasteiger partial charge on any atom is 0.416 e. The van der Waals surface area contributed by atoms with Crippen molar-refractivity contribution in [2.45, 2.75) is 17.5 Å². The highest BCUT2D eigenvalue weighted by Crippen LogP contribution is 2.29. The summed E-state index contributed by atoms with van der Waals surface area (Å²) in [5, 5.41) is 0. The first-order valence-electron chi connectivity index (χ1n) is 4.88. The molecule has 0 fully saturated rings. The first-order valence-corrected chi connectivity index (χ1v) is 6.36. The molecule has 0 aliphatic heterocycles. The molecule has 1 N–H and O–H groups in total. The number of alkyl halides is 3. The molecule has 1 rings (SSSR count). The number of nitrogens with one attached hydrogen (secondary N) is 1. The van der Waals surface area contributed by atoms with E-state index in [1.54, 1.807) is 0 Å². The van der Waals surface area contributed by atoms with Crippen LogP contribution in [0.2, 0.25) is 0 Å². The van der Waals surface area contributed by atoms with Gasteiger partial charge in [-0.2, -0.15) is 13.2 Å². The zero-order valence-corrected chi connectivity index (χ0v) is 9.98. The maximum absolute atomic E-state index is 12.3. The van der Waals surface area contributed by atoms with E-state index >= 15 is 0 Å². The molecule has 0 atom stereocenters. The highest BCUT2D eigenvalue weighted by molar-refractivity contribution is 7.89. The molecule has 0 spiro atoms. The van der Waals surface area contributed by atoms with E-state index in [0.717, 1.165) is 24.3 Å². The van der Waals surface area contributed by atoms with Crippen LogP contribution in [0, 0.1) is 12.3 Å². The van der Waals surface area contributed by atoms with Gasteiger partial charge in [-0.25, -0.2) is 13.1 Å². The average molecular weight is 277 g/mol. The molecule has 0 aliphatic rings. The van der Waals surface area contributed by atoms with Crippen molar-refractivity contribution >= 4 is 10.0 Å². The molecular formula is C11H10F3NO2S. The fourth-order valence-corrected chi connectivity index (χ4v) is 2.20. The van der Waals surface area contributed by atoms with Gasteiger partial charge >= 0.3 is 6.18 Å². The molecule has 0 amide bonds. The SMILES string of the molecule is C#CCCNS(=O)(=O)c1ccc(C(F)(F)F)cc1. The van der Waals surface area contributed by atoms with Crippen molar-refractivity contribution in [3.05, 3.63) is 29.8 Å². The molecule has 0 unspecified atom stereocenters. The lowest BCUT2D eigenvalue weighted by Gasteiger charge is -2.08. The number of sulfonamides is 1. The van der Waals surface area contributed by atoms with E-state index in [4.69, 9.17) is 6.42 Å². The minimum atomic E-state index is -4.49. The van der Waals surface area contributed by atoms with Gasteiger partial charge in [-0.3, -0.25) is 0 Å². The maximum atomic E-state index is 12.3. The van der Waals surface area contributed by atoms with Crippen LogP contribution in [0.1, 0.15) is 12.0 Å². The number of hydrogen-bond acceptors (Lipinski definition) is 2. The quantitative estimate of drug-likeness (QED) is 0.676. The van der Waals surface area contributed by atoms with E-state index in [-0.39, 0.29) is 17.9 Å². The average Bonchev–Trinajstić information content (AvgIpc) is 2.28. The number of terminal acetylenes is 1. The smallest absolute Gasteiger partial charge is 0.210 e. The lowest BCUT2D eigenvalue weighted by Crippen LogP contribution is -2.24. The van der Waals surface area contributed by atoms with Crippen LogP contribution in [-0.2, 0) is 16.2 Å². The topological polar surface area (TPSA) is 46.2 Å². The Hall–Kier alpha value is -1.52. The summed E-state index contributed by atoms with van der Waals surface area (Å²) < 4.78 is 62.2. The van der Waals surface area contributed by atoms with Crippen LogP contribution in [0.25, 0.3) is 0 Å². The predicted octanol–water partition coefficient (Wildman–Crippen LogP) is 2.01. The third kappa shape index (κ3) is 3.75. The lowest BCUT2D eigenvalue weighted by molar-refractivity contribution is -0.137. The first-order chi connectivity index (χ1) is 8.27. The third-order valence-electron chi connectivity index (χ3n) is 2.05. The van der Waals surface area contributed by atoms with Gasteiger partial charge in [0.25, 0.3) is 0 Å². The van der Waals surface area contributed by atoms with Crippen molar-refractivity contribution in [3.8, 4) is 12.3 Å². The van der Waals surface area contributed by atoms with Crippen LogP contribution in [0.5, 0.6) is 0 Å². The molecule has 1 aromatic rings. The zero-order valence-electron chi connectivity index (χ0n) is 9.16. The minimum absolute atomic E-state index is 0.0415. The first kappa shape index (κ1) is 14.5. The Bertz CT molecular complexity index is 541. The minimum Gasteiger partial charge on any atom is -0.210 e. The van der Waals surface area contributed by atoms with Gasteiger partial charge in [-0.1, -0.05) is 0 Å². The molecule has 0 aliphatic carbocycles. The lowest BCUT2D eigenvalue weighted by atomic mass is 10.2. The Kier molecular flexibility index (Phi) is 4.38. The summed E-state index contributed by atoms with van der Waals surface area (Å²) in [5.74, 6) is 2.25. The summed E-state index contributed by atoms with van der Waals surface area (Å²) in [7, 11) is -3.81. The van der Waals surface area contributed by atoms with Gasteiger partial charge in [0.1, 0.15) is 0 Å². The van der Waals surface area contributed by atoms with Crippen molar-refractivity contribution in [2.24, 2.45) is 0 Å². The summed E-state index contributed by atoms with van der Waals surface area (Å²) in [4.78, 5) is -0.229. The van der Waals surface area contributed by atoms with Gasteiger partial charge in [0.2, 0.25) is 10.0 Å². The second-order valence-corrected chi connectivity index (χ2v) is 5.14. The molecule has 0 bridgehead atoms. The van der Waals surface area contributed by atoms with Crippen LogP contribution in [0.4, 0.5) is 13.2 Å². The van der Waals surface area contributed by atoms with Gasteiger partial charge in [-0.05, 0) is 24.3 Å². The third-order valence-corrected chi connectivity index (χ3v) is 3.53. The molecule has 0 saturated carbocycles. The summed E-state index contributed by atoms with van der Waals surface area (Å²) in [6.07, 6.45) is 0.676. The predicted molar refractivity (Wildman–Crippen MR) is 60.1 cm³/mol. The van der Waals surface area contributed by atoms with Crippen molar-refractivity contribution in [3.63, 3.8) is 0 Å². The highest BCUT2D eigenvalue weighted by Gasteiger charge is 2.30. The van der Waals surface area contributed by atoms with Gasteiger partial charge in [0.15, 0.2) is 0 Å². The molecule has 3 nitrogen and oxygen atoms in total. The standard InChI is InChI=1S/C11H10F3NO2S/c1-2-3-8-15-18(16,17)10-6-4-9(5-7-10)11(12,13)14/h1,4-7,15H,3,8H2. The van der Waals surface area contributed by atoms with E-state index in [0.29, 0.717) is 0 Å². The summed E-state index contributed by atoms with van der Waals surface area (Å²) in [6, 6.07) is 3.24. The van der Waals surface area contributed by atoms with Gasteiger partial charge in [-0.15, -0.1) is 12.3 Å². The van der Waals surface area contributed by atoms with E-state index in [2.05, 4.69) is 10.6 Å². The number of hydrogen-bond donors (Lipinski definition) is 1. The highest BCUT2D eigenvalue weighted by atomic mass is 32.2. The molecule has 98 valence electrons. The second-order valence-electron chi connectivity index (χ2n) is 3.37. The monoisotopic (exact) mass is 277 g/mol. The summed E-state index contributed by atoms with van der Waals surface area (Å²) in [5.41, 5.74) is -0.898. The van der Waals surface area contributed by atoms with Crippen LogP contribution in [0.3, 0.4) is 0 Å². The Morgan fingerprint density at radius 1 is 1.22 bits per heavy atom. The fourth-order valence-electron chi connectivity index (χ4n) is 1.16. The molecule has 0 aromatic heterocycles. The van der Waals surface area contributed by atoms with Gasteiger partial charge < -0.3 is 0 Å². The summed E-state index contributed by atoms with van der Waals surface area (Å²) >= 11 is 0. The van der Waals surface area contributed by atoms with E-state index in [1.807, 2.05) is 0 Å². The van der Waals surface area contributed by atoms with E-state index in [1.165, 1.54) is 0 Å². The molecule has 1 aromatic carbocycles. The molecule has 0 heterocycles. The number of rotatable bonds is 4. The summed E-state index contributed by atoms with van der Waals surface area (Å²) in [6.45, 7) is 0.0415. The van der Waals surface area contributed by atoms with E-state index < -0.39 is 21.8 Å². The van der Waals surface area contributed by atoms with Gasteiger partial charge in [0.05, 0.1) is 10.5 Å². The van der Waals surface area contributed by atoms with Gasteiger partial charge in [0, 0.05) is 13.0 Å².